The average molecular weight is 353 g/mol. The summed E-state index contributed by atoms with van der Waals surface area (Å²) in [6, 6.07) is 10.0. The van der Waals surface area contributed by atoms with Gasteiger partial charge in [0.25, 0.3) is 10.0 Å². The van der Waals surface area contributed by atoms with Crippen molar-refractivity contribution < 1.29 is 8.42 Å². The minimum atomic E-state index is -3.66. The number of sulfonamides is 1. The fraction of sp³-hybridized carbons (Fsp3) is 0.133. The highest BCUT2D eigenvalue weighted by molar-refractivity contribution is 7.92. The van der Waals surface area contributed by atoms with Crippen molar-refractivity contribution in [1.82, 2.24) is 4.98 Å². The first kappa shape index (κ1) is 15.3. The van der Waals surface area contributed by atoms with Gasteiger partial charge in [-0.15, -0.1) is 11.3 Å². The number of nitrogens with one attached hydrogen (secondary N) is 1. The van der Waals surface area contributed by atoms with Crippen molar-refractivity contribution in [1.29, 1.82) is 0 Å². The summed E-state index contributed by atoms with van der Waals surface area (Å²) >= 11 is 7.76. The zero-order valence-corrected chi connectivity index (χ0v) is 14.3. The second-order valence-electron chi connectivity index (χ2n) is 4.93. The summed E-state index contributed by atoms with van der Waals surface area (Å²) in [4.78, 5) is 4.54. The van der Waals surface area contributed by atoms with Crippen molar-refractivity contribution in [3.8, 4) is 0 Å². The molecule has 2 aromatic carbocycles. The molecule has 0 unspecified atom stereocenters. The van der Waals surface area contributed by atoms with Crippen LogP contribution in [-0.4, -0.2) is 13.4 Å². The zero-order valence-electron chi connectivity index (χ0n) is 11.9. The lowest BCUT2D eigenvalue weighted by Gasteiger charge is -2.10. The standard InChI is InChI=1S/C15H13ClN2O2S2/c1-9-3-5-11(6-4-9)22(19,20)18-12-7-8-13-15(14(12)16)21-10(2)17-13/h3-8,18H,1-2H3. The molecule has 3 aromatic rings. The molecule has 0 atom stereocenters. The first-order chi connectivity index (χ1) is 10.4. The molecule has 1 aromatic heterocycles. The number of halogens is 1. The minimum Gasteiger partial charge on any atom is -0.278 e. The lowest BCUT2D eigenvalue weighted by molar-refractivity contribution is 0.601. The van der Waals surface area contributed by atoms with E-state index in [4.69, 9.17) is 11.6 Å². The number of benzene rings is 2. The molecular weight excluding hydrogens is 340 g/mol. The fourth-order valence-electron chi connectivity index (χ4n) is 2.07. The van der Waals surface area contributed by atoms with Crippen LogP contribution in [0.3, 0.4) is 0 Å². The summed E-state index contributed by atoms with van der Waals surface area (Å²) in [6.45, 7) is 3.79. The molecule has 22 heavy (non-hydrogen) atoms. The van der Waals surface area contributed by atoms with Crippen molar-refractivity contribution in [2.24, 2.45) is 0 Å². The van der Waals surface area contributed by atoms with Crippen molar-refractivity contribution >= 4 is 48.9 Å². The van der Waals surface area contributed by atoms with Crippen LogP contribution in [0.5, 0.6) is 0 Å². The van der Waals surface area contributed by atoms with E-state index in [-0.39, 0.29) is 4.90 Å². The molecule has 4 nitrogen and oxygen atoms in total. The summed E-state index contributed by atoms with van der Waals surface area (Å²) in [5.74, 6) is 0. The molecule has 0 saturated heterocycles. The highest BCUT2D eigenvalue weighted by atomic mass is 35.5. The zero-order chi connectivity index (χ0) is 15.9. The third-order valence-corrected chi connectivity index (χ3v) is 6.07. The van der Waals surface area contributed by atoms with Gasteiger partial charge in [0.1, 0.15) is 0 Å². The minimum absolute atomic E-state index is 0.203. The molecule has 1 N–H and O–H groups in total. The fourth-order valence-corrected chi connectivity index (χ4v) is 4.38. The van der Waals surface area contributed by atoms with E-state index >= 15 is 0 Å². The molecule has 0 aliphatic rings. The maximum Gasteiger partial charge on any atom is 0.261 e. The molecule has 0 spiro atoms. The molecule has 7 heteroatoms. The Morgan fingerprint density at radius 2 is 1.77 bits per heavy atom. The number of hydrogen-bond donors (Lipinski definition) is 1. The number of fused-ring (bicyclic) bond motifs is 1. The van der Waals surface area contributed by atoms with Crippen LogP contribution in [0.2, 0.25) is 5.02 Å². The Bertz CT molecular complexity index is 948. The Kier molecular flexibility index (Phi) is 3.84. The number of thiazole rings is 1. The Morgan fingerprint density at radius 3 is 2.45 bits per heavy atom. The summed E-state index contributed by atoms with van der Waals surface area (Å²) < 4.78 is 28.2. The molecule has 0 aliphatic heterocycles. The summed E-state index contributed by atoms with van der Waals surface area (Å²) in [7, 11) is -3.66. The second-order valence-corrected chi connectivity index (χ2v) is 8.19. The monoisotopic (exact) mass is 352 g/mol. The van der Waals surface area contributed by atoms with Crippen LogP contribution in [-0.2, 0) is 10.0 Å². The summed E-state index contributed by atoms with van der Waals surface area (Å²) in [5.41, 5.74) is 2.13. The summed E-state index contributed by atoms with van der Waals surface area (Å²) in [5, 5.41) is 1.26. The molecule has 0 saturated carbocycles. The predicted octanol–water partition coefficient (Wildman–Crippen LogP) is 4.37. The van der Waals surface area contributed by atoms with Gasteiger partial charge in [0.2, 0.25) is 0 Å². The quantitative estimate of drug-likeness (QED) is 0.761. The van der Waals surface area contributed by atoms with E-state index in [0.29, 0.717) is 10.7 Å². The van der Waals surface area contributed by atoms with Gasteiger partial charge in [0.15, 0.2) is 0 Å². The van der Waals surface area contributed by atoms with Gasteiger partial charge >= 0.3 is 0 Å². The van der Waals surface area contributed by atoms with Gasteiger partial charge in [0, 0.05) is 0 Å². The predicted molar refractivity (Wildman–Crippen MR) is 91.4 cm³/mol. The molecule has 114 valence electrons. The van der Waals surface area contributed by atoms with Gasteiger partial charge in [-0.25, -0.2) is 13.4 Å². The molecule has 3 rings (SSSR count). The van der Waals surface area contributed by atoms with E-state index in [2.05, 4.69) is 9.71 Å². The summed E-state index contributed by atoms with van der Waals surface area (Å²) in [6.07, 6.45) is 0. The Balaban J connectivity index is 2.01. The van der Waals surface area contributed by atoms with Crippen LogP contribution < -0.4 is 4.72 Å². The highest BCUT2D eigenvalue weighted by Crippen LogP contribution is 2.35. The molecule has 0 fully saturated rings. The van der Waals surface area contributed by atoms with Crippen LogP contribution in [0.4, 0.5) is 5.69 Å². The van der Waals surface area contributed by atoms with Gasteiger partial charge in [0.05, 0.1) is 30.8 Å². The smallest absolute Gasteiger partial charge is 0.261 e. The Hall–Kier alpha value is -1.63. The first-order valence-electron chi connectivity index (χ1n) is 6.52. The number of nitrogens with zero attached hydrogens (tertiary/aromatic N) is 1. The molecule has 0 bridgehead atoms. The van der Waals surface area contributed by atoms with Crippen molar-refractivity contribution in [2.45, 2.75) is 18.7 Å². The van der Waals surface area contributed by atoms with Crippen LogP contribution in [0.25, 0.3) is 10.2 Å². The van der Waals surface area contributed by atoms with E-state index in [1.165, 1.54) is 11.3 Å². The van der Waals surface area contributed by atoms with Crippen molar-refractivity contribution in [3.05, 3.63) is 52.0 Å². The SMILES string of the molecule is Cc1ccc(S(=O)(=O)Nc2ccc3nc(C)sc3c2Cl)cc1. The number of hydrogen-bond acceptors (Lipinski definition) is 4. The van der Waals surface area contributed by atoms with Crippen LogP contribution >= 0.6 is 22.9 Å². The average Bonchev–Trinajstić information content (AvgIpc) is 2.84. The van der Waals surface area contributed by atoms with E-state index in [1.807, 2.05) is 13.8 Å². The van der Waals surface area contributed by atoms with Crippen molar-refractivity contribution in [2.75, 3.05) is 4.72 Å². The topological polar surface area (TPSA) is 59.1 Å². The number of rotatable bonds is 3. The largest absolute Gasteiger partial charge is 0.278 e. The van der Waals surface area contributed by atoms with Crippen LogP contribution in [0, 0.1) is 13.8 Å². The lowest BCUT2D eigenvalue weighted by atomic mass is 10.2. The lowest BCUT2D eigenvalue weighted by Crippen LogP contribution is -2.13. The number of aromatic nitrogens is 1. The van der Waals surface area contributed by atoms with Gasteiger partial charge in [-0.2, -0.15) is 0 Å². The molecule has 0 radical (unpaired) electrons. The Morgan fingerprint density at radius 1 is 1.09 bits per heavy atom. The van der Waals surface area contributed by atoms with Gasteiger partial charge < -0.3 is 0 Å². The van der Waals surface area contributed by atoms with Crippen molar-refractivity contribution in [3.63, 3.8) is 0 Å². The Labute approximate surface area is 137 Å². The van der Waals surface area contributed by atoms with Crippen LogP contribution in [0.15, 0.2) is 41.3 Å². The van der Waals surface area contributed by atoms with Crippen LogP contribution in [0.1, 0.15) is 10.6 Å². The maximum absolute atomic E-state index is 12.4. The van der Waals surface area contributed by atoms with E-state index in [9.17, 15) is 8.42 Å². The maximum atomic E-state index is 12.4. The molecule has 0 amide bonds. The highest BCUT2D eigenvalue weighted by Gasteiger charge is 2.17. The van der Waals surface area contributed by atoms with E-state index in [1.54, 1.807) is 36.4 Å². The van der Waals surface area contributed by atoms with E-state index in [0.717, 1.165) is 20.8 Å². The van der Waals surface area contributed by atoms with E-state index < -0.39 is 10.0 Å². The first-order valence-corrected chi connectivity index (χ1v) is 9.20. The van der Waals surface area contributed by atoms with Gasteiger partial charge in [-0.3, -0.25) is 4.72 Å². The second kappa shape index (κ2) is 5.53. The third kappa shape index (κ3) is 2.82. The van der Waals surface area contributed by atoms with Gasteiger partial charge in [-0.1, -0.05) is 29.3 Å². The number of anilines is 1. The molecule has 1 heterocycles. The third-order valence-electron chi connectivity index (χ3n) is 3.18. The normalized spacial score (nSPS) is 11.8. The molecular formula is C15H13ClN2O2S2. The van der Waals surface area contributed by atoms with Gasteiger partial charge in [-0.05, 0) is 38.1 Å². The molecule has 0 aliphatic carbocycles. The number of aryl methyl sites for hydroxylation is 2.